The van der Waals surface area contributed by atoms with E-state index in [4.69, 9.17) is 9.98 Å². The Morgan fingerprint density at radius 3 is 2.22 bits per heavy atom. The molecule has 0 radical (unpaired) electrons. The molecule has 2 N–H and O–H groups in total. The molecular weight excluding hydrogens is 458 g/mol. The van der Waals surface area contributed by atoms with Crippen LogP contribution in [0, 0.1) is 0 Å². The summed E-state index contributed by atoms with van der Waals surface area (Å²) in [6, 6.07) is 33.5. The van der Waals surface area contributed by atoms with Crippen LogP contribution in [0.25, 0.3) is 17.0 Å². The van der Waals surface area contributed by atoms with Crippen LogP contribution >= 0.6 is 0 Å². The highest BCUT2D eigenvalue weighted by molar-refractivity contribution is 6.27. The van der Waals surface area contributed by atoms with Gasteiger partial charge in [0.2, 0.25) is 0 Å². The van der Waals surface area contributed by atoms with Crippen molar-refractivity contribution in [1.82, 2.24) is 9.88 Å². The highest BCUT2D eigenvalue weighted by atomic mass is 16.2. The molecule has 176 valence electrons. The van der Waals surface area contributed by atoms with Crippen molar-refractivity contribution in [3.63, 3.8) is 0 Å². The average molecular weight is 480 g/mol. The molecule has 0 aliphatic carbocycles. The van der Waals surface area contributed by atoms with E-state index in [0.29, 0.717) is 23.1 Å². The summed E-state index contributed by atoms with van der Waals surface area (Å²) in [4.78, 5) is 29.3. The third-order valence-electron chi connectivity index (χ3n) is 6.59. The van der Waals surface area contributed by atoms with Gasteiger partial charge in [-0.05, 0) is 36.4 Å². The lowest BCUT2D eigenvalue weighted by atomic mass is 10.1. The molecule has 1 amide bonds. The van der Waals surface area contributed by atoms with Crippen LogP contribution in [0.3, 0.4) is 0 Å². The molecule has 7 rings (SSSR count). The molecule has 3 heterocycles. The molecule has 4 aromatic carbocycles. The molecular formula is C31H21N5O. The fraction of sp³-hybridized carbons (Fsp3) is 0. The number of hydrogen-bond acceptors (Lipinski definition) is 4. The zero-order valence-corrected chi connectivity index (χ0v) is 19.7. The molecule has 1 aromatic heterocycles. The normalized spacial score (nSPS) is 15.6. The van der Waals surface area contributed by atoms with Gasteiger partial charge < -0.3 is 10.3 Å². The highest BCUT2D eigenvalue weighted by Crippen LogP contribution is 2.37. The second kappa shape index (κ2) is 8.46. The smallest absolute Gasteiger partial charge is 0.272 e. The number of para-hydroxylation sites is 4. The van der Waals surface area contributed by atoms with Crippen LogP contribution in [0.2, 0.25) is 0 Å². The van der Waals surface area contributed by atoms with Crippen LogP contribution in [-0.2, 0) is 4.79 Å². The Hall–Kier alpha value is -5.23. The van der Waals surface area contributed by atoms with Gasteiger partial charge in [-0.1, -0.05) is 72.8 Å². The van der Waals surface area contributed by atoms with E-state index in [0.717, 1.165) is 39.0 Å². The van der Waals surface area contributed by atoms with Gasteiger partial charge in [0.25, 0.3) is 5.91 Å². The summed E-state index contributed by atoms with van der Waals surface area (Å²) in [5.74, 6) is 1.02. The number of rotatable bonds is 2. The van der Waals surface area contributed by atoms with Gasteiger partial charge in [-0.2, -0.15) is 0 Å². The Labute approximate surface area is 213 Å². The van der Waals surface area contributed by atoms with Crippen LogP contribution in [0.5, 0.6) is 0 Å². The summed E-state index contributed by atoms with van der Waals surface area (Å²) < 4.78 is 0. The van der Waals surface area contributed by atoms with Gasteiger partial charge >= 0.3 is 0 Å². The zero-order chi connectivity index (χ0) is 24.8. The van der Waals surface area contributed by atoms with Crippen molar-refractivity contribution in [2.45, 2.75) is 0 Å². The second-order valence-electron chi connectivity index (χ2n) is 8.88. The summed E-state index contributed by atoms with van der Waals surface area (Å²) in [6.45, 7) is 0. The molecule has 0 atom stereocenters. The molecule has 0 bridgehead atoms. The number of benzene rings is 4. The van der Waals surface area contributed by atoms with Crippen LogP contribution in [-0.4, -0.2) is 27.5 Å². The van der Waals surface area contributed by atoms with Crippen LogP contribution in [0.4, 0.5) is 17.1 Å². The molecule has 6 nitrogen and oxygen atoms in total. The maximum absolute atomic E-state index is 13.9. The van der Waals surface area contributed by atoms with Gasteiger partial charge in [0.1, 0.15) is 17.4 Å². The zero-order valence-electron chi connectivity index (χ0n) is 19.7. The summed E-state index contributed by atoms with van der Waals surface area (Å²) >= 11 is 0. The van der Waals surface area contributed by atoms with Crippen LogP contribution in [0.15, 0.2) is 125 Å². The number of nitrogens with zero attached hydrogens (tertiary/aromatic N) is 3. The number of anilines is 1. The minimum atomic E-state index is -0.238. The van der Waals surface area contributed by atoms with Crippen molar-refractivity contribution in [2.24, 2.45) is 9.98 Å². The van der Waals surface area contributed by atoms with E-state index in [9.17, 15) is 4.79 Å². The summed E-state index contributed by atoms with van der Waals surface area (Å²) in [7, 11) is 0. The summed E-state index contributed by atoms with van der Waals surface area (Å²) in [5.41, 5.74) is 6.21. The quantitative estimate of drug-likeness (QED) is 0.279. The van der Waals surface area contributed by atoms with Crippen LogP contribution in [0.1, 0.15) is 16.7 Å². The van der Waals surface area contributed by atoms with Crippen molar-refractivity contribution in [3.8, 4) is 0 Å². The Morgan fingerprint density at radius 1 is 0.703 bits per heavy atom. The van der Waals surface area contributed by atoms with Crippen molar-refractivity contribution < 1.29 is 4.79 Å². The number of amidine groups is 2. The van der Waals surface area contributed by atoms with Gasteiger partial charge in [-0.25, -0.2) is 9.98 Å². The first-order valence-corrected chi connectivity index (χ1v) is 12.1. The summed E-state index contributed by atoms with van der Waals surface area (Å²) in [5, 5.41) is 4.14. The fourth-order valence-corrected chi connectivity index (χ4v) is 4.84. The number of aliphatic imine (C=N–C) groups is 2. The minimum Gasteiger partial charge on any atom is -0.361 e. The highest BCUT2D eigenvalue weighted by Gasteiger charge is 2.35. The molecule has 0 spiro atoms. The maximum Gasteiger partial charge on any atom is 0.272 e. The van der Waals surface area contributed by atoms with Crippen molar-refractivity contribution in [2.75, 3.05) is 5.32 Å². The van der Waals surface area contributed by atoms with Gasteiger partial charge in [-0.15, -0.1) is 0 Å². The standard InChI is InChI=1S/C31H21N5O/c37-31-28(18-21-19-32-24-14-6-4-12-22(21)24)36-29(20-10-2-1-3-11-20)33-26-16-8-9-17-27(26)34-30(36)23-13-5-7-15-25(23)35-31/h1-19,32H,(H,35,37)/b28-18+. The third kappa shape index (κ3) is 3.54. The minimum absolute atomic E-state index is 0.238. The topological polar surface area (TPSA) is 72.8 Å². The largest absolute Gasteiger partial charge is 0.361 e. The van der Waals surface area contributed by atoms with Gasteiger partial charge in [0.05, 0.1) is 17.1 Å². The number of aromatic amines is 1. The molecule has 2 aliphatic heterocycles. The van der Waals surface area contributed by atoms with E-state index in [1.807, 2.05) is 120 Å². The van der Waals surface area contributed by atoms with Gasteiger partial charge in [0, 0.05) is 33.8 Å². The van der Waals surface area contributed by atoms with Gasteiger partial charge in [-0.3, -0.25) is 9.69 Å². The molecule has 6 heteroatoms. The van der Waals surface area contributed by atoms with Crippen LogP contribution < -0.4 is 5.32 Å². The molecule has 0 fully saturated rings. The van der Waals surface area contributed by atoms with Crippen molar-refractivity contribution in [3.05, 3.63) is 132 Å². The number of hydrogen-bond donors (Lipinski definition) is 2. The number of nitrogens with one attached hydrogen (secondary N) is 2. The number of carbonyl (C=O) groups is 1. The lowest BCUT2D eigenvalue weighted by molar-refractivity contribution is -0.113. The number of H-pyrrole nitrogens is 1. The van der Waals surface area contributed by atoms with E-state index in [1.165, 1.54) is 0 Å². The van der Waals surface area contributed by atoms with E-state index in [-0.39, 0.29) is 5.91 Å². The summed E-state index contributed by atoms with van der Waals surface area (Å²) in [6.07, 6.45) is 3.83. The molecule has 0 saturated heterocycles. The Kier molecular flexibility index (Phi) is 4.82. The first-order chi connectivity index (χ1) is 18.3. The van der Waals surface area contributed by atoms with E-state index in [2.05, 4.69) is 10.3 Å². The lowest BCUT2D eigenvalue weighted by Gasteiger charge is -2.26. The predicted molar refractivity (Wildman–Crippen MR) is 148 cm³/mol. The first-order valence-electron chi connectivity index (χ1n) is 12.1. The Morgan fingerprint density at radius 2 is 1.38 bits per heavy atom. The predicted octanol–water partition coefficient (Wildman–Crippen LogP) is 6.63. The lowest BCUT2D eigenvalue weighted by Crippen LogP contribution is -2.38. The van der Waals surface area contributed by atoms with Gasteiger partial charge in [0.15, 0.2) is 0 Å². The first kappa shape index (κ1) is 21.1. The Balaban J connectivity index is 1.56. The maximum atomic E-state index is 13.9. The molecule has 2 aliphatic rings. The molecule has 37 heavy (non-hydrogen) atoms. The van der Waals surface area contributed by atoms with Crippen molar-refractivity contribution in [1.29, 1.82) is 0 Å². The molecule has 0 saturated carbocycles. The number of carbonyl (C=O) groups excluding carboxylic acids is 1. The van der Waals surface area contributed by atoms with Crippen molar-refractivity contribution >= 4 is 51.6 Å². The van der Waals surface area contributed by atoms with E-state index < -0.39 is 0 Å². The number of amides is 1. The monoisotopic (exact) mass is 479 g/mol. The number of fused-ring (bicyclic) bond motifs is 5. The van der Waals surface area contributed by atoms with E-state index in [1.54, 1.807) is 0 Å². The molecule has 5 aromatic rings. The Bertz CT molecular complexity index is 1780. The van der Waals surface area contributed by atoms with E-state index >= 15 is 0 Å². The SMILES string of the molecule is O=C1Nc2ccccc2C2=Nc3ccccc3N=C(c3ccccc3)N2/C1=C/c1c[nH]c2ccccc12. The number of aromatic nitrogens is 1. The average Bonchev–Trinajstić information content (AvgIpc) is 3.21. The third-order valence-corrected chi connectivity index (χ3v) is 6.59. The fourth-order valence-electron chi connectivity index (χ4n) is 4.84. The molecule has 0 unspecified atom stereocenters. The second-order valence-corrected chi connectivity index (χ2v) is 8.88.